The molecular weight excluding hydrogens is 232 g/mol. The number of likely N-dealkylation sites (tertiary alicyclic amines) is 1. The van der Waals surface area contributed by atoms with Gasteiger partial charge in [-0.2, -0.15) is 0 Å². The fraction of sp³-hybridized carbons (Fsp3) is 0.692. The molecule has 0 radical (unpaired) electrons. The molecule has 1 fully saturated rings. The standard InChI is InChI=1S/C13H20N2O3/c1-13(2,3)18-12(16)15-7-4-10(5-8-15)11-6-9-17-14-11/h6,9-10H,4-5,7-8H2,1-3H3. The molecule has 0 atom stereocenters. The molecule has 1 aliphatic heterocycles. The van der Waals surface area contributed by atoms with Crippen LogP contribution < -0.4 is 0 Å². The lowest BCUT2D eigenvalue weighted by molar-refractivity contribution is 0.0203. The highest BCUT2D eigenvalue weighted by Gasteiger charge is 2.28. The Balaban J connectivity index is 1.85. The topological polar surface area (TPSA) is 55.6 Å². The number of carbonyl (C=O) groups excluding carboxylic acids is 1. The van der Waals surface area contributed by atoms with Crippen LogP contribution in [0.2, 0.25) is 0 Å². The lowest BCUT2D eigenvalue weighted by atomic mass is 9.94. The zero-order valence-electron chi connectivity index (χ0n) is 11.2. The van der Waals surface area contributed by atoms with Crippen LogP contribution in [0.3, 0.4) is 0 Å². The van der Waals surface area contributed by atoms with Gasteiger partial charge >= 0.3 is 6.09 Å². The Morgan fingerprint density at radius 2 is 2.11 bits per heavy atom. The maximum absolute atomic E-state index is 11.9. The maximum Gasteiger partial charge on any atom is 0.410 e. The molecule has 5 heteroatoms. The smallest absolute Gasteiger partial charge is 0.410 e. The number of aromatic nitrogens is 1. The summed E-state index contributed by atoms with van der Waals surface area (Å²) in [7, 11) is 0. The predicted octanol–water partition coefficient (Wildman–Crippen LogP) is 2.79. The van der Waals surface area contributed by atoms with Gasteiger partial charge in [0, 0.05) is 25.1 Å². The molecule has 0 bridgehead atoms. The number of hydrogen-bond donors (Lipinski definition) is 0. The van der Waals surface area contributed by atoms with Crippen LogP contribution in [0.1, 0.15) is 45.2 Å². The Hall–Kier alpha value is -1.52. The summed E-state index contributed by atoms with van der Waals surface area (Å²) in [6.45, 7) is 7.08. The highest BCUT2D eigenvalue weighted by molar-refractivity contribution is 5.68. The normalized spacial score (nSPS) is 17.8. The van der Waals surface area contributed by atoms with Crippen LogP contribution in [-0.2, 0) is 4.74 Å². The highest BCUT2D eigenvalue weighted by atomic mass is 16.6. The first-order chi connectivity index (χ1) is 8.46. The minimum atomic E-state index is -0.431. The van der Waals surface area contributed by atoms with Crippen molar-refractivity contribution in [1.82, 2.24) is 10.1 Å². The Kier molecular flexibility index (Phi) is 3.59. The zero-order valence-corrected chi connectivity index (χ0v) is 11.2. The second-order valence-corrected chi connectivity index (χ2v) is 5.67. The van der Waals surface area contributed by atoms with Crippen LogP contribution in [0.25, 0.3) is 0 Å². The van der Waals surface area contributed by atoms with E-state index in [2.05, 4.69) is 5.16 Å². The third-order valence-electron chi connectivity index (χ3n) is 3.02. The molecule has 2 heterocycles. The number of nitrogens with zero attached hydrogens (tertiary/aromatic N) is 2. The Morgan fingerprint density at radius 3 is 2.61 bits per heavy atom. The van der Waals surface area contributed by atoms with E-state index in [-0.39, 0.29) is 6.09 Å². The molecule has 0 aromatic carbocycles. The fourth-order valence-electron chi connectivity index (χ4n) is 2.12. The summed E-state index contributed by atoms with van der Waals surface area (Å²) >= 11 is 0. The van der Waals surface area contributed by atoms with E-state index in [1.54, 1.807) is 11.2 Å². The van der Waals surface area contributed by atoms with Gasteiger partial charge in [0.1, 0.15) is 11.9 Å². The third kappa shape index (κ3) is 3.24. The van der Waals surface area contributed by atoms with Crippen LogP contribution in [-0.4, -0.2) is 34.8 Å². The van der Waals surface area contributed by atoms with E-state index in [0.29, 0.717) is 19.0 Å². The summed E-state index contributed by atoms with van der Waals surface area (Å²) in [5.41, 5.74) is 0.555. The molecule has 0 spiro atoms. The van der Waals surface area contributed by atoms with Crippen LogP contribution in [0.15, 0.2) is 16.9 Å². The lowest BCUT2D eigenvalue weighted by Gasteiger charge is -2.32. The molecular formula is C13H20N2O3. The molecule has 1 aromatic rings. The van der Waals surface area contributed by atoms with Crippen molar-refractivity contribution >= 4 is 6.09 Å². The number of ether oxygens (including phenoxy) is 1. The van der Waals surface area contributed by atoms with Crippen molar-refractivity contribution in [3.63, 3.8) is 0 Å². The van der Waals surface area contributed by atoms with E-state index in [1.807, 2.05) is 26.8 Å². The van der Waals surface area contributed by atoms with Crippen LogP contribution in [0.5, 0.6) is 0 Å². The Bertz CT molecular complexity index is 387. The molecule has 1 aromatic heterocycles. The van der Waals surface area contributed by atoms with Crippen molar-refractivity contribution < 1.29 is 14.1 Å². The van der Waals surface area contributed by atoms with Gasteiger partial charge in [-0.1, -0.05) is 5.16 Å². The second-order valence-electron chi connectivity index (χ2n) is 5.67. The molecule has 0 N–H and O–H groups in total. The molecule has 0 saturated carbocycles. The van der Waals surface area contributed by atoms with Gasteiger partial charge in [-0.15, -0.1) is 0 Å². The van der Waals surface area contributed by atoms with Crippen molar-refractivity contribution in [1.29, 1.82) is 0 Å². The van der Waals surface area contributed by atoms with Gasteiger partial charge < -0.3 is 14.2 Å². The number of amides is 1. The third-order valence-corrected chi connectivity index (χ3v) is 3.02. The lowest BCUT2D eigenvalue weighted by Crippen LogP contribution is -2.41. The zero-order chi connectivity index (χ0) is 13.2. The number of hydrogen-bond acceptors (Lipinski definition) is 4. The van der Waals surface area contributed by atoms with Crippen molar-refractivity contribution in [2.24, 2.45) is 0 Å². The van der Waals surface area contributed by atoms with Gasteiger partial charge in [-0.05, 0) is 33.6 Å². The molecule has 100 valence electrons. The van der Waals surface area contributed by atoms with E-state index >= 15 is 0 Å². The van der Waals surface area contributed by atoms with Gasteiger partial charge in [0.25, 0.3) is 0 Å². The van der Waals surface area contributed by atoms with Gasteiger partial charge in [0.05, 0.1) is 5.69 Å². The molecule has 18 heavy (non-hydrogen) atoms. The Labute approximate surface area is 107 Å². The van der Waals surface area contributed by atoms with E-state index in [0.717, 1.165) is 18.5 Å². The minimum Gasteiger partial charge on any atom is -0.444 e. The number of carbonyl (C=O) groups is 1. The van der Waals surface area contributed by atoms with Crippen LogP contribution >= 0.6 is 0 Å². The first kappa shape index (κ1) is 12.9. The molecule has 1 saturated heterocycles. The van der Waals surface area contributed by atoms with E-state index in [9.17, 15) is 4.79 Å². The summed E-state index contributed by atoms with van der Waals surface area (Å²) in [6, 6.07) is 1.90. The van der Waals surface area contributed by atoms with Crippen LogP contribution in [0.4, 0.5) is 4.79 Å². The average Bonchev–Trinajstić information content (AvgIpc) is 2.80. The largest absolute Gasteiger partial charge is 0.444 e. The molecule has 2 rings (SSSR count). The van der Waals surface area contributed by atoms with Gasteiger partial charge in [-0.25, -0.2) is 4.79 Å². The van der Waals surface area contributed by atoms with Crippen molar-refractivity contribution in [2.45, 2.75) is 45.1 Å². The minimum absolute atomic E-state index is 0.221. The molecule has 1 amide bonds. The highest BCUT2D eigenvalue weighted by Crippen LogP contribution is 2.27. The second kappa shape index (κ2) is 5.00. The van der Waals surface area contributed by atoms with E-state index in [4.69, 9.17) is 9.26 Å². The Morgan fingerprint density at radius 1 is 1.44 bits per heavy atom. The number of piperidine rings is 1. The van der Waals surface area contributed by atoms with Crippen molar-refractivity contribution in [3.8, 4) is 0 Å². The summed E-state index contributed by atoms with van der Waals surface area (Å²) in [5, 5.41) is 3.96. The summed E-state index contributed by atoms with van der Waals surface area (Å²) < 4.78 is 10.2. The first-order valence-electron chi connectivity index (χ1n) is 6.34. The van der Waals surface area contributed by atoms with E-state index in [1.165, 1.54) is 0 Å². The number of rotatable bonds is 1. The van der Waals surface area contributed by atoms with Crippen LogP contribution in [0, 0.1) is 0 Å². The quantitative estimate of drug-likeness (QED) is 0.771. The first-order valence-corrected chi connectivity index (χ1v) is 6.34. The van der Waals surface area contributed by atoms with Gasteiger partial charge in [0.15, 0.2) is 0 Å². The molecule has 5 nitrogen and oxygen atoms in total. The summed E-state index contributed by atoms with van der Waals surface area (Å²) in [5.74, 6) is 0.391. The molecule has 1 aliphatic rings. The SMILES string of the molecule is CC(C)(C)OC(=O)N1CCC(c2ccon2)CC1. The average molecular weight is 252 g/mol. The summed E-state index contributed by atoms with van der Waals surface area (Å²) in [6.07, 6.45) is 3.19. The summed E-state index contributed by atoms with van der Waals surface area (Å²) in [4.78, 5) is 13.6. The van der Waals surface area contributed by atoms with Gasteiger partial charge in [-0.3, -0.25) is 0 Å². The fourth-order valence-corrected chi connectivity index (χ4v) is 2.12. The molecule has 0 unspecified atom stereocenters. The van der Waals surface area contributed by atoms with Crippen molar-refractivity contribution in [2.75, 3.05) is 13.1 Å². The van der Waals surface area contributed by atoms with Gasteiger partial charge in [0.2, 0.25) is 0 Å². The van der Waals surface area contributed by atoms with Crippen molar-refractivity contribution in [3.05, 3.63) is 18.0 Å². The van der Waals surface area contributed by atoms with E-state index < -0.39 is 5.60 Å². The monoisotopic (exact) mass is 252 g/mol. The molecule has 0 aliphatic carbocycles. The maximum atomic E-state index is 11.9. The predicted molar refractivity (Wildman–Crippen MR) is 66.3 cm³/mol.